The molecule has 1 nitrogen and oxygen atoms in total. The number of rotatable bonds is 10. The molecule has 2 aromatic carbocycles. The van der Waals surface area contributed by atoms with Gasteiger partial charge in [0.15, 0.2) is 0 Å². The number of fused-ring (bicyclic) bond motifs is 1. The first-order valence-corrected chi connectivity index (χ1v) is 13.6. The van der Waals surface area contributed by atoms with Gasteiger partial charge in [0, 0.05) is 0 Å². The van der Waals surface area contributed by atoms with E-state index in [1.165, 1.54) is 88.2 Å². The lowest BCUT2D eigenvalue weighted by atomic mass is 9.69. The highest BCUT2D eigenvalue weighted by molar-refractivity contribution is 5.66. The van der Waals surface area contributed by atoms with Gasteiger partial charge in [0.1, 0.15) is 5.75 Å². The van der Waals surface area contributed by atoms with E-state index < -0.39 is 0 Å². The van der Waals surface area contributed by atoms with Gasteiger partial charge in [-0.05, 0) is 90.7 Å². The van der Waals surface area contributed by atoms with Crippen molar-refractivity contribution < 1.29 is 4.74 Å². The van der Waals surface area contributed by atoms with E-state index in [-0.39, 0.29) is 0 Å². The molecule has 1 fully saturated rings. The average Bonchev–Trinajstić information content (AvgIpc) is 2.85. The molecule has 0 N–H and O–H groups in total. The summed E-state index contributed by atoms with van der Waals surface area (Å²) in [6.45, 7) is 5.39. The van der Waals surface area contributed by atoms with Crippen molar-refractivity contribution in [1.29, 1.82) is 0 Å². The summed E-state index contributed by atoms with van der Waals surface area (Å²) in [5.41, 5.74) is 5.88. The molecule has 0 spiro atoms. The molecule has 32 heavy (non-hydrogen) atoms. The fourth-order valence-corrected chi connectivity index (χ4v) is 6.09. The lowest BCUT2D eigenvalue weighted by Gasteiger charge is -2.36. The van der Waals surface area contributed by atoms with Crippen LogP contribution < -0.4 is 4.74 Å². The van der Waals surface area contributed by atoms with Crippen molar-refractivity contribution in [1.82, 2.24) is 0 Å². The van der Waals surface area contributed by atoms with Crippen LogP contribution in [0.15, 0.2) is 42.5 Å². The maximum atomic E-state index is 5.88. The van der Waals surface area contributed by atoms with E-state index in [9.17, 15) is 0 Å². The molecule has 2 aromatic rings. The second-order valence-corrected chi connectivity index (χ2v) is 10.5. The summed E-state index contributed by atoms with van der Waals surface area (Å²) in [7, 11) is 0. The molecule has 2 aliphatic rings. The predicted octanol–water partition coefficient (Wildman–Crippen LogP) is 9.02. The van der Waals surface area contributed by atoms with Gasteiger partial charge >= 0.3 is 0 Å². The first-order chi connectivity index (χ1) is 15.8. The third-order valence-electron chi connectivity index (χ3n) is 8.20. The normalized spacial score (nSPS) is 23.0. The van der Waals surface area contributed by atoms with Crippen molar-refractivity contribution in [2.75, 3.05) is 6.61 Å². The maximum Gasteiger partial charge on any atom is 0.119 e. The fraction of sp³-hybridized carbons (Fsp3) is 0.613. The number of aryl methyl sites for hydroxylation is 1. The lowest BCUT2D eigenvalue weighted by Crippen LogP contribution is -2.26. The van der Waals surface area contributed by atoms with Crippen molar-refractivity contribution in [2.24, 2.45) is 17.8 Å². The molecule has 0 radical (unpaired) electrons. The maximum absolute atomic E-state index is 5.88. The van der Waals surface area contributed by atoms with Crippen LogP contribution in [-0.2, 0) is 12.8 Å². The van der Waals surface area contributed by atoms with Crippen LogP contribution in [0, 0.1) is 17.8 Å². The summed E-state index contributed by atoms with van der Waals surface area (Å²) in [4.78, 5) is 0. The van der Waals surface area contributed by atoms with Crippen LogP contribution >= 0.6 is 0 Å². The van der Waals surface area contributed by atoms with Gasteiger partial charge in [-0.1, -0.05) is 89.1 Å². The minimum absolute atomic E-state index is 0.827. The van der Waals surface area contributed by atoms with Crippen LogP contribution in [0.2, 0.25) is 0 Å². The SMILES string of the molecule is CCCCCOc1ccc(-c2ccc3c(c2)CCC(C2CCC(CCCC)CC2)C3)cc1. The second kappa shape index (κ2) is 11.9. The fourth-order valence-electron chi connectivity index (χ4n) is 6.09. The van der Waals surface area contributed by atoms with Crippen molar-refractivity contribution in [2.45, 2.75) is 97.3 Å². The van der Waals surface area contributed by atoms with Gasteiger partial charge in [-0.25, -0.2) is 0 Å². The number of ether oxygens (including phenoxy) is 1. The number of benzene rings is 2. The monoisotopic (exact) mass is 432 g/mol. The Labute approximate surface area is 197 Å². The van der Waals surface area contributed by atoms with Crippen molar-refractivity contribution in [3.8, 4) is 16.9 Å². The molecule has 1 heteroatoms. The quantitative estimate of drug-likeness (QED) is 0.340. The smallest absolute Gasteiger partial charge is 0.119 e. The zero-order chi connectivity index (χ0) is 22.2. The Balaban J connectivity index is 1.31. The molecular weight excluding hydrogens is 388 g/mol. The topological polar surface area (TPSA) is 9.23 Å². The molecule has 0 bridgehead atoms. The molecule has 1 unspecified atom stereocenters. The van der Waals surface area contributed by atoms with Gasteiger partial charge in [-0.2, -0.15) is 0 Å². The molecule has 4 rings (SSSR count). The second-order valence-electron chi connectivity index (χ2n) is 10.5. The summed E-state index contributed by atoms with van der Waals surface area (Å²) in [5.74, 6) is 3.92. The highest BCUT2D eigenvalue weighted by Crippen LogP contribution is 2.41. The summed E-state index contributed by atoms with van der Waals surface area (Å²) in [6, 6.07) is 15.9. The Morgan fingerprint density at radius 3 is 2.22 bits per heavy atom. The van der Waals surface area contributed by atoms with E-state index in [1.54, 1.807) is 11.1 Å². The summed E-state index contributed by atoms with van der Waals surface area (Å²) < 4.78 is 5.88. The Morgan fingerprint density at radius 1 is 0.719 bits per heavy atom. The summed E-state index contributed by atoms with van der Waals surface area (Å²) in [6.07, 6.45) is 17.8. The third-order valence-corrected chi connectivity index (χ3v) is 8.20. The van der Waals surface area contributed by atoms with Crippen LogP contribution in [0.5, 0.6) is 5.75 Å². The van der Waals surface area contributed by atoms with Gasteiger partial charge in [0.25, 0.3) is 0 Å². The first kappa shape index (κ1) is 23.4. The van der Waals surface area contributed by atoms with Crippen molar-refractivity contribution in [3.63, 3.8) is 0 Å². The zero-order valence-electron chi connectivity index (χ0n) is 20.6. The molecule has 174 valence electrons. The van der Waals surface area contributed by atoms with E-state index in [0.717, 1.165) is 36.5 Å². The van der Waals surface area contributed by atoms with Crippen LogP contribution in [0.25, 0.3) is 11.1 Å². The van der Waals surface area contributed by atoms with Crippen molar-refractivity contribution >= 4 is 0 Å². The number of unbranched alkanes of at least 4 members (excludes halogenated alkanes) is 3. The van der Waals surface area contributed by atoms with E-state index in [4.69, 9.17) is 4.74 Å². The number of hydrogen-bond acceptors (Lipinski definition) is 1. The van der Waals surface area contributed by atoms with E-state index in [0.29, 0.717) is 0 Å². The lowest BCUT2D eigenvalue weighted by molar-refractivity contribution is 0.183. The first-order valence-electron chi connectivity index (χ1n) is 13.6. The van der Waals surface area contributed by atoms with Gasteiger partial charge < -0.3 is 4.74 Å². The zero-order valence-corrected chi connectivity index (χ0v) is 20.6. The number of hydrogen-bond donors (Lipinski definition) is 0. The van der Waals surface area contributed by atoms with Gasteiger partial charge in [0.05, 0.1) is 6.61 Å². The summed E-state index contributed by atoms with van der Waals surface area (Å²) in [5, 5.41) is 0. The van der Waals surface area contributed by atoms with Crippen LogP contribution in [-0.4, -0.2) is 6.61 Å². The van der Waals surface area contributed by atoms with E-state index in [2.05, 4.69) is 56.3 Å². The predicted molar refractivity (Wildman–Crippen MR) is 137 cm³/mol. The highest BCUT2D eigenvalue weighted by atomic mass is 16.5. The molecule has 0 saturated heterocycles. The Bertz CT molecular complexity index is 813. The molecule has 0 heterocycles. The van der Waals surface area contributed by atoms with Gasteiger partial charge in [-0.15, -0.1) is 0 Å². The summed E-state index contributed by atoms with van der Waals surface area (Å²) >= 11 is 0. The largest absolute Gasteiger partial charge is 0.494 e. The Kier molecular flexibility index (Phi) is 8.71. The third kappa shape index (κ3) is 6.18. The molecule has 0 aromatic heterocycles. The minimum atomic E-state index is 0.827. The van der Waals surface area contributed by atoms with Crippen LogP contribution in [0.3, 0.4) is 0 Å². The molecule has 0 amide bonds. The van der Waals surface area contributed by atoms with Gasteiger partial charge in [0.2, 0.25) is 0 Å². The molecule has 1 saturated carbocycles. The average molecular weight is 433 g/mol. The van der Waals surface area contributed by atoms with Crippen LogP contribution in [0.4, 0.5) is 0 Å². The van der Waals surface area contributed by atoms with E-state index >= 15 is 0 Å². The molecule has 1 atom stereocenters. The van der Waals surface area contributed by atoms with E-state index in [1.807, 2.05) is 0 Å². The van der Waals surface area contributed by atoms with Crippen LogP contribution in [0.1, 0.15) is 95.6 Å². The van der Waals surface area contributed by atoms with Gasteiger partial charge in [-0.3, -0.25) is 0 Å². The standard InChI is InChI=1S/C31H44O/c1-3-5-7-21-32-31-19-17-26(18-20-31)28-14-16-29-22-27(13-15-30(29)23-28)25-11-9-24(10-12-25)8-6-4-2/h14,16-20,23-25,27H,3-13,15,21-22H2,1-2H3. The Morgan fingerprint density at radius 2 is 1.47 bits per heavy atom. The Hall–Kier alpha value is -1.76. The molecular formula is C31H44O. The minimum Gasteiger partial charge on any atom is -0.494 e. The highest BCUT2D eigenvalue weighted by Gasteiger charge is 2.30. The van der Waals surface area contributed by atoms with Crippen molar-refractivity contribution in [3.05, 3.63) is 53.6 Å². The molecule has 2 aliphatic carbocycles. The molecule has 0 aliphatic heterocycles.